The normalized spacial score (nSPS) is 12.4. The third kappa shape index (κ3) is 3.78. The van der Waals surface area contributed by atoms with Gasteiger partial charge in [-0.25, -0.2) is 0 Å². The Bertz CT molecular complexity index is 864. The van der Waals surface area contributed by atoms with Gasteiger partial charge in [-0.1, -0.05) is 72.2 Å². The van der Waals surface area contributed by atoms with Gasteiger partial charge in [0.15, 0.2) is 0 Å². The lowest BCUT2D eigenvalue weighted by Crippen LogP contribution is -2.49. The van der Waals surface area contributed by atoms with Crippen LogP contribution in [0.1, 0.15) is 27.7 Å². The van der Waals surface area contributed by atoms with Gasteiger partial charge in [-0.3, -0.25) is 0 Å². The van der Waals surface area contributed by atoms with Crippen molar-refractivity contribution in [1.82, 2.24) is 0 Å². The molecule has 3 aromatic rings. The zero-order valence-corrected chi connectivity index (χ0v) is 15.3. The zero-order chi connectivity index (χ0) is 18.1. The molecule has 0 bridgehead atoms. The van der Waals surface area contributed by atoms with Gasteiger partial charge in [-0.2, -0.15) is 0 Å². The minimum Gasteiger partial charge on any atom is -0.427 e. The van der Waals surface area contributed by atoms with Crippen LogP contribution < -0.4 is 5.46 Å². The Kier molecular flexibility index (Phi) is 4.72. The fourth-order valence-corrected chi connectivity index (χ4v) is 2.62. The van der Waals surface area contributed by atoms with E-state index in [1.165, 1.54) is 21.9 Å². The van der Waals surface area contributed by atoms with E-state index < -0.39 is 11.2 Å². The molecule has 1 N–H and O–H groups in total. The van der Waals surface area contributed by atoms with Crippen molar-refractivity contribution >= 4 is 23.7 Å². The Morgan fingerprint density at radius 1 is 0.840 bits per heavy atom. The summed E-state index contributed by atoms with van der Waals surface area (Å²) in [6.45, 7) is 7.30. The third-order valence-corrected chi connectivity index (χ3v) is 4.93. The maximum atomic E-state index is 10.3. The summed E-state index contributed by atoms with van der Waals surface area (Å²) in [5.74, 6) is 0. The lowest BCUT2D eigenvalue weighted by Gasteiger charge is -2.37. The van der Waals surface area contributed by atoms with Crippen LogP contribution in [0.5, 0.6) is 0 Å². The minimum atomic E-state index is -0.942. The molecule has 0 unspecified atom stereocenters. The smallest absolute Gasteiger partial charge is 0.330 e. The monoisotopic (exact) mass is 331 g/mol. The highest BCUT2D eigenvalue weighted by molar-refractivity contribution is 6.48. The molecule has 3 rings (SSSR count). The molecule has 0 atom stereocenters. The first-order chi connectivity index (χ1) is 11.8. The molecule has 2 nitrogen and oxygen atoms in total. The molecule has 127 valence electrons. The van der Waals surface area contributed by atoms with E-state index >= 15 is 0 Å². The van der Waals surface area contributed by atoms with Crippen molar-refractivity contribution in [3.8, 4) is 11.1 Å². The molecule has 0 heterocycles. The van der Waals surface area contributed by atoms with Crippen molar-refractivity contribution in [3.05, 3.63) is 66.7 Å². The van der Waals surface area contributed by atoms with E-state index in [4.69, 9.17) is 4.65 Å². The summed E-state index contributed by atoms with van der Waals surface area (Å²) in [6, 6.07) is 23.0. The molecule has 3 heteroatoms. The standard InChI is InChI=1S/C22H24BO2/c1-21(2,24)22(3,4)25-23-18-14-17-12-8-9-13-19(17)20(15-18)16-10-6-5-7-11-16/h5-15,24H,1-4H3. The minimum absolute atomic E-state index is 0.689. The lowest BCUT2D eigenvalue weighted by molar-refractivity contribution is -0.0893. The number of hydrogen-bond acceptors (Lipinski definition) is 2. The summed E-state index contributed by atoms with van der Waals surface area (Å²) < 4.78 is 5.94. The number of aliphatic hydroxyl groups is 1. The quantitative estimate of drug-likeness (QED) is 0.706. The van der Waals surface area contributed by atoms with Crippen molar-refractivity contribution in [2.24, 2.45) is 0 Å². The van der Waals surface area contributed by atoms with Crippen LogP contribution >= 0.6 is 0 Å². The Balaban J connectivity index is 2.00. The van der Waals surface area contributed by atoms with Gasteiger partial charge in [0, 0.05) is 0 Å². The molecule has 3 aromatic carbocycles. The molecule has 0 aliphatic rings. The van der Waals surface area contributed by atoms with Crippen LogP contribution in [-0.4, -0.2) is 23.8 Å². The highest BCUT2D eigenvalue weighted by atomic mass is 16.5. The molecule has 0 saturated heterocycles. The summed E-state index contributed by atoms with van der Waals surface area (Å²) in [5.41, 5.74) is 1.70. The summed E-state index contributed by atoms with van der Waals surface area (Å²) in [5, 5.41) is 12.7. The molecular formula is C22H24BO2. The SMILES string of the molecule is CC(C)(O)C(C)(C)O[B]c1cc(-c2ccccc2)c2ccccc2c1. The molecule has 0 aliphatic heterocycles. The molecule has 0 saturated carbocycles. The second-order valence-corrected chi connectivity index (χ2v) is 7.46. The van der Waals surface area contributed by atoms with E-state index in [0.29, 0.717) is 0 Å². The fraction of sp³-hybridized carbons (Fsp3) is 0.273. The molecule has 0 aliphatic carbocycles. The van der Waals surface area contributed by atoms with Crippen molar-refractivity contribution in [1.29, 1.82) is 0 Å². The molecule has 0 spiro atoms. The van der Waals surface area contributed by atoms with E-state index in [0.717, 1.165) is 5.46 Å². The number of rotatable bonds is 5. The van der Waals surface area contributed by atoms with Gasteiger partial charge in [0.2, 0.25) is 0 Å². The fourth-order valence-electron chi connectivity index (χ4n) is 2.62. The Morgan fingerprint density at radius 2 is 1.48 bits per heavy atom. The first-order valence-corrected chi connectivity index (χ1v) is 8.59. The summed E-state index contributed by atoms with van der Waals surface area (Å²) in [6.07, 6.45) is 0. The number of hydrogen-bond donors (Lipinski definition) is 1. The Morgan fingerprint density at radius 3 is 2.16 bits per heavy atom. The van der Waals surface area contributed by atoms with E-state index in [1.807, 2.05) is 38.1 Å². The Labute approximate surface area is 150 Å². The third-order valence-electron chi connectivity index (χ3n) is 4.93. The average Bonchev–Trinajstić information content (AvgIpc) is 2.59. The van der Waals surface area contributed by atoms with Gasteiger partial charge in [0.25, 0.3) is 0 Å². The van der Waals surface area contributed by atoms with E-state index in [1.54, 1.807) is 21.3 Å². The summed E-state index contributed by atoms with van der Waals surface area (Å²) in [4.78, 5) is 0. The first-order valence-electron chi connectivity index (χ1n) is 8.59. The molecule has 0 aromatic heterocycles. The lowest BCUT2D eigenvalue weighted by atomic mass is 9.80. The molecule has 0 fully saturated rings. The maximum absolute atomic E-state index is 10.3. The van der Waals surface area contributed by atoms with Crippen molar-refractivity contribution < 1.29 is 9.76 Å². The highest BCUT2D eigenvalue weighted by Gasteiger charge is 2.35. The average molecular weight is 331 g/mol. The second-order valence-electron chi connectivity index (χ2n) is 7.46. The van der Waals surface area contributed by atoms with Crippen LogP contribution in [0.25, 0.3) is 21.9 Å². The number of benzene rings is 3. The van der Waals surface area contributed by atoms with E-state index in [-0.39, 0.29) is 0 Å². The zero-order valence-electron chi connectivity index (χ0n) is 15.3. The second kappa shape index (κ2) is 6.66. The largest absolute Gasteiger partial charge is 0.427 e. The summed E-state index contributed by atoms with van der Waals surface area (Å²) in [7, 11) is 1.75. The van der Waals surface area contributed by atoms with Gasteiger partial charge in [-0.05, 0) is 49.6 Å². The first kappa shape index (κ1) is 17.7. The summed E-state index contributed by atoms with van der Waals surface area (Å²) >= 11 is 0. The molecular weight excluding hydrogens is 307 g/mol. The molecule has 25 heavy (non-hydrogen) atoms. The molecule has 0 amide bonds. The Hall–Kier alpha value is -2.10. The van der Waals surface area contributed by atoms with Gasteiger partial charge in [0.1, 0.15) is 0 Å². The molecule has 1 radical (unpaired) electrons. The topological polar surface area (TPSA) is 29.5 Å². The van der Waals surface area contributed by atoms with Gasteiger partial charge in [0.05, 0.1) is 11.2 Å². The maximum Gasteiger partial charge on any atom is 0.330 e. The highest BCUT2D eigenvalue weighted by Crippen LogP contribution is 2.28. The van der Waals surface area contributed by atoms with Crippen molar-refractivity contribution in [3.63, 3.8) is 0 Å². The number of fused-ring (bicyclic) bond motifs is 1. The van der Waals surface area contributed by atoms with Crippen molar-refractivity contribution in [2.75, 3.05) is 0 Å². The van der Waals surface area contributed by atoms with Crippen LogP contribution in [0.15, 0.2) is 66.7 Å². The van der Waals surface area contributed by atoms with Crippen LogP contribution in [0.4, 0.5) is 0 Å². The predicted octanol–water partition coefficient (Wildman–Crippen LogP) is 4.32. The predicted molar refractivity (Wildman–Crippen MR) is 106 cm³/mol. The van der Waals surface area contributed by atoms with Gasteiger partial charge >= 0.3 is 7.48 Å². The van der Waals surface area contributed by atoms with Gasteiger partial charge < -0.3 is 9.76 Å². The van der Waals surface area contributed by atoms with Crippen molar-refractivity contribution in [2.45, 2.75) is 38.9 Å². The van der Waals surface area contributed by atoms with Gasteiger partial charge in [-0.15, -0.1) is 0 Å². The van der Waals surface area contributed by atoms with Crippen LogP contribution in [-0.2, 0) is 4.65 Å². The van der Waals surface area contributed by atoms with Crippen LogP contribution in [0.2, 0.25) is 0 Å². The van der Waals surface area contributed by atoms with Crippen LogP contribution in [0, 0.1) is 0 Å². The van der Waals surface area contributed by atoms with E-state index in [9.17, 15) is 5.11 Å². The van der Waals surface area contributed by atoms with E-state index in [2.05, 4.69) is 42.5 Å². The van der Waals surface area contributed by atoms with Crippen LogP contribution in [0.3, 0.4) is 0 Å².